The Balaban J connectivity index is 1.57. The highest BCUT2D eigenvalue weighted by Gasteiger charge is 2.20. The van der Waals surface area contributed by atoms with Crippen LogP contribution in [-0.2, 0) is 30.7 Å². The second-order valence-corrected chi connectivity index (χ2v) is 8.02. The highest BCUT2D eigenvalue weighted by atomic mass is 32.2. The monoisotopic (exact) mass is 383 g/mol. The zero-order valence-corrected chi connectivity index (χ0v) is 17.1. The van der Waals surface area contributed by atoms with Gasteiger partial charge in [-0.3, -0.25) is 14.7 Å². The van der Waals surface area contributed by atoms with Crippen molar-refractivity contribution < 1.29 is 4.79 Å². The molecule has 1 aliphatic heterocycles. The van der Waals surface area contributed by atoms with E-state index in [-0.39, 0.29) is 5.91 Å². The molecule has 0 saturated heterocycles. The van der Waals surface area contributed by atoms with Gasteiger partial charge in [0.1, 0.15) is 0 Å². The van der Waals surface area contributed by atoms with E-state index in [0.29, 0.717) is 12.3 Å². The van der Waals surface area contributed by atoms with Gasteiger partial charge in [0.15, 0.2) is 0 Å². The number of pyridine rings is 1. The number of hydrogen-bond acceptors (Lipinski definition) is 4. The van der Waals surface area contributed by atoms with Crippen LogP contribution in [0.5, 0.6) is 0 Å². The van der Waals surface area contributed by atoms with Crippen molar-refractivity contribution in [3.63, 3.8) is 0 Å². The fourth-order valence-corrected chi connectivity index (χ4v) is 4.09. The number of aryl methyl sites for hydroxylation is 2. The number of amides is 1. The highest BCUT2D eigenvalue weighted by molar-refractivity contribution is 7.99. The molecule has 0 aliphatic carbocycles. The van der Waals surface area contributed by atoms with Crippen LogP contribution >= 0.6 is 11.8 Å². The topological polar surface area (TPSA) is 45.2 Å². The number of thioether (sulfide) groups is 1. The van der Waals surface area contributed by atoms with Gasteiger partial charge in [-0.2, -0.15) is 11.8 Å². The molecule has 2 aromatic rings. The van der Waals surface area contributed by atoms with Crippen molar-refractivity contribution >= 4 is 17.7 Å². The van der Waals surface area contributed by atoms with Gasteiger partial charge in [-0.25, -0.2) is 0 Å². The Hall–Kier alpha value is -1.85. The third-order valence-electron chi connectivity index (χ3n) is 5.20. The van der Waals surface area contributed by atoms with Crippen LogP contribution < -0.4 is 5.32 Å². The molecular weight excluding hydrogens is 354 g/mol. The summed E-state index contributed by atoms with van der Waals surface area (Å²) >= 11 is 1.55. The first-order valence-electron chi connectivity index (χ1n) is 9.65. The molecule has 1 aromatic heterocycles. The van der Waals surface area contributed by atoms with Gasteiger partial charge in [-0.15, -0.1) is 0 Å². The lowest BCUT2D eigenvalue weighted by Gasteiger charge is -2.30. The first-order valence-corrected chi connectivity index (χ1v) is 11.0. The maximum Gasteiger partial charge on any atom is 0.230 e. The molecule has 1 amide bonds. The van der Waals surface area contributed by atoms with E-state index in [1.54, 1.807) is 11.8 Å². The molecule has 144 valence electrons. The molecule has 4 nitrogen and oxygen atoms in total. The summed E-state index contributed by atoms with van der Waals surface area (Å²) in [6, 6.07) is 10.7. The summed E-state index contributed by atoms with van der Waals surface area (Å²) in [5.41, 5.74) is 6.38. The Bertz CT molecular complexity index is 764. The third kappa shape index (κ3) is 5.56. The standard InChI is InChI=1S/C22H29N3OS/c1-17-21(14-24-22(26)16-27-2)20-10-12-25(15-19(20)13-23-17)11-6-9-18-7-4-3-5-8-18/h3-5,7-8,13H,6,9-12,14-16H2,1-2H3,(H,24,26). The van der Waals surface area contributed by atoms with E-state index in [4.69, 9.17) is 0 Å². The first kappa shape index (κ1) is 19.9. The molecule has 1 N–H and O–H groups in total. The number of benzene rings is 1. The number of carbonyl (C=O) groups excluding carboxylic acids is 1. The average molecular weight is 384 g/mol. The van der Waals surface area contributed by atoms with Gasteiger partial charge in [-0.05, 0) is 61.2 Å². The maximum atomic E-state index is 11.8. The van der Waals surface area contributed by atoms with Crippen molar-refractivity contribution in [2.24, 2.45) is 0 Å². The second-order valence-electron chi connectivity index (χ2n) is 7.15. The molecule has 0 bridgehead atoms. The minimum absolute atomic E-state index is 0.0952. The van der Waals surface area contributed by atoms with Crippen LogP contribution in [0.4, 0.5) is 0 Å². The van der Waals surface area contributed by atoms with Crippen molar-refractivity contribution in [1.82, 2.24) is 15.2 Å². The third-order valence-corrected chi connectivity index (χ3v) is 5.75. The van der Waals surface area contributed by atoms with Crippen LogP contribution in [0.2, 0.25) is 0 Å². The number of nitrogens with zero attached hydrogens (tertiary/aromatic N) is 2. The van der Waals surface area contributed by atoms with Gasteiger partial charge in [0, 0.05) is 31.5 Å². The fraction of sp³-hybridized carbons (Fsp3) is 0.455. The maximum absolute atomic E-state index is 11.8. The van der Waals surface area contributed by atoms with Crippen molar-refractivity contribution in [1.29, 1.82) is 0 Å². The summed E-state index contributed by atoms with van der Waals surface area (Å²) in [5, 5.41) is 3.04. The van der Waals surface area contributed by atoms with E-state index in [1.807, 2.05) is 19.4 Å². The van der Waals surface area contributed by atoms with E-state index >= 15 is 0 Å². The van der Waals surface area contributed by atoms with Crippen LogP contribution in [0.3, 0.4) is 0 Å². The van der Waals surface area contributed by atoms with Crippen LogP contribution in [0.1, 0.15) is 34.4 Å². The number of hydrogen-bond donors (Lipinski definition) is 1. The summed E-state index contributed by atoms with van der Waals surface area (Å²) < 4.78 is 0. The van der Waals surface area contributed by atoms with Crippen molar-refractivity contribution in [3.8, 4) is 0 Å². The minimum atomic E-state index is 0.0952. The van der Waals surface area contributed by atoms with Gasteiger partial charge < -0.3 is 5.32 Å². The molecule has 0 fully saturated rings. The van der Waals surface area contributed by atoms with Crippen LogP contribution in [0.25, 0.3) is 0 Å². The predicted octanol–water partition coefficient (Wildman–Crippen LogP) is 3.36. The lowest BCUT2D eigenvalue weighted by atomic mass is 9.94. The van der Waals surface area contributed by atoms with E-state index in [9.17, 15) is 4.79 Å². The van der Waals surface area contributed by atoms with Crippen molar-refractivity contribution in [2.45, 2.75) is 39.3 Å². The quantitative estimate of drug-likeness (QED) is 0.759. The summed E-state index contributed by atoms with van der Waals surface area (Å²) in [4.78, 5) is 18.9. The lowest BCUT2D eigenvalue weighted by Crippen LogP contribution is -2.33. The minimum Gasteiger partial charge on any atom is -0.351 e. The first-order chi connectivity index (χ1) is 13.2. The molecule has 0 atom stereocenters. The molecule has 27 heavy (non-hydrogen) atoms. The van der Waals surface area contributed by atoms with Gasteiger partial charge in [0.05, 0.1) is 5.75 Å². The molecule has 2 heterocycles. The summed E-state index contributed by atoms with van der Waals surface area (Å²) in [7, 11) is 0. The van der Waals surface area contributed by atoms with Crippen molar-refractivity contribution in [2.75, 3.05) is 25.1 Å². The molecule has 5 heteroatoms. The Morgan fingerprint density at radius 3 is 2.89 bits per heavy atom. The molecule has 3 rings (SSSR count). The summed E-state index contributed by atoms with van der Waals surface area (Å²) in [5.74, 6) is 0.606. The molecule has 0 saturated carbocycles. The molecule has 0 unspecified atom stereocenters. The number of nitrogens with one attached hydrogen (secondary N) is 1. The summed E-state index contributed by atoms with van der Waals surface area (Å²) in [6.45, 7) is 5.79. The number of rotatable bonds is 8. The second kappa shape index (κ2) is 9.90. The Morgan fingerprint density at radius 2 is 2.11 bits per heavy atom. The van der Waals surface area contributed by atoms with Gasteiger partial charge >= 0.3 is 0 Å². The molecule has 1 aromatic carbocycles. The van der Waals surface area contributed by atoms with E-state index in [2.05, 4.69) is 45.5 Å². The van der Waals surface area contributed by atoms with E-state index in [1.165, 1.54) is 28.7 Å². The Morgan fingerprint density at radius 1 is 1.30 bits per heavy atom. The van der Waals surface area contributed by atoms with Crippen molar-refractivity contribution in [3.05, 3.63) is 64.5 Å². The normalized spacial score (nSPS) is 14.0. The average Bonchev–Trinajstić information content (AvgIpc) is 2.68. The largest absolute Gasteiger partial charge is 0.351 e. The lowest BCUT2D eigenvalue weighted by molar-refractivity contribution is -0.118. The van der Waals surface area contributed by atoms with Gasteiger partial charge in [0.2, 0.25) is 5.91 Å². The Kier molecular flexibility index (Phi) is 7.30. The smallest absolute Gasteiger partial charge is 0.230 e. The zero-order chi connectivity index (χ0) is 19.1. The molecule has 0 radical (unpaired) electrons. The van der Waals surface area contributed by atoms with E-state index < -0.39 is 0 Å². The van der Waals surface area contributed by atoms with Crippen LogP contribution in [-0.4, -0.2) is 40.9 Å². The number of fused-ring (bicyclic) bond motifs is 1. The molecular formula is C22H29N3OS. The van der Waals surface area contributed by atoms with Crippen LogP contribution in [0, 0.1) is 6.92 Å². The summed E-state index contributed by atoms with van der Waals surface area (Å²) in [6.07, 6.45) is 7.32. The SMILES string of the molecule is CSCC(=O)NCc1c(C)ncc2c1CCN(CCCc1ccccc1)C2. The van der Waals surface area contributed by atoms with Gasteiger partial charge in [0.25, 0.3) is 0 Å². The predicted molar refractivity (Wildman–Crippen MR) is 113 cm³/mol. The zero-order valence-electron chi connectivity index (χ0n) is 16.3. The molecule has 0 spiro atoms. The number of aromatic nitrogens is 1. The molecule has 1 aliphatic rings. The number of carbonyl (C=O) groups is 1. The van der Waals surface area contributed by atoms with Crippen LogP contribution in [0.15, 0.2) is 36.5 Å². The highest BCUT2D eigenvalue weighted by Crippen LogP contribution is 2.24. The Labute approximate surface area is 166 Å². The van der Waals surface area contributed by atoms with Gasteiger partial charge in [-0.1, -0.05) is 30.3 Å². The fourth-order valence-electron chi connectivity index (χ4n) is 3.73. The van der Waals surface area contributed by atoms with E-state index in [0.717, 1.165) is 38.2 Å².